The molecule has 5 rings (SSSR count). The number of allylic oxidation sites excluding steroid dienone is 2. The van der Waals surface area contributed by atoms with E-state index in [0.29, 0.717) is 17.5 Å². The predicted molar refractivity (Wildman–Crippen MR) is 101 cm³/mol. The molecule has 1 aliphatic heterocycles. The normalized spacial score (nSPS) is 22.1. The van der Waals surface area contributed by atoms with E-state index < -0.39 is 0 Å². The summed E-state index contributed by atoms with van der Waals surface area (Å²) in [6, 6.07) is 7.67. The van der Waals surface area contributed by atoms with Gasteiger partial charge in [-0.1, -0.05) is 17.8 Å². The van der Waals surface area contributed by atoms with Crippen molar-refractivity contribution in [2.24, 2.45) is 0 Å². The van der Waals surface area contributed by atoms with E-state index in [1.807, 2.05) is 34.5 Å². The third-order valence-electron chi connectivity index (χ3n) is 4.84. The number of rotatable bonds is 3. The first-order chi connectivity index (χ1) is 12.7. The zero-order valence-corrected chi connectivity index (χ0v) is 15.6. The van der Waals surface area contributed by atoms with Gasteiger partial charge in [-0.2, -0.15) is 4.98 Å². The van der Waals surface area contributed by atoms with Crippen molar-refractivity contribution in [2.75, 3.05) is 11.6 Å². The maximum atomic E-state index is 13.1. The molecular weight excluding hydrogens is 368 g/mol. The Labute approximate surface area is 158 Å². The van der Waals surface area contributed by atoms with Crippen LogP contribution in [0.15, 0.2) is 56.8 Å². The van der Waals surface area contributed by atoms with Crippen LogP contribution < -0.4 is 5.32 Å². The van der Waals surface area contributed by atoms with Crippen molar-refractivity contribution in [2.45, 2.75) is 30.0 Å². The molecule has 0 bridgehead atoms. The number of furan rings is 1. The van der Waals surface area contributed by atoms with Gasteiger partial charge in [0.05, 0.1) is 6.26 Å². The molecule has 4 heterocycles. The Morgan fingerprint density at radius 1 is 1.35 bits per heavy atom. The SMILES string of the molecule is CSc1nc2n(n1)[C@@H](c1cccs1)C1=C(C[C@H](c3ccco3)CC1=O)N2. The minimum Gasteiger partial charge on any atom is -0.469 e. The van der Waals surface area contributed by atoms with Crippen molar-refractivity contribution >= 4 is 34.8 Å². The minimum absolute atomic E-state index is 0.0576. The highest BCUT2D eigenvalue weighted by Crippen LogP contribution is 2.45. The van der Waals surface area contributed by atoms with E-state index in [1.165, 1.54) is 11.8 Å². The van der Waals surface area contributed by atoms with Crippen molar-refractivity contribution in [3.63, 3.8) is 0 Å². The van der Waals surface area contributed by atoms with Crippen LogP contribution in [0.2, 0.25) is 0 Å². The Bertz CT molecular complexity index is 989. The van der Waals surface area contributed by atoms with E-state index in [9.17, 15) is 4.79 Å². The highest BCUT2D eigenvalue weighted by Gasteiger charge is 2.40. The number of carbonyl (C=O) groups is 1. The Balaban J connectivity index is 1.62. The molecule has 1 aliphatic carbocycles. The van der Waals surface area contributed by atoms with Gasteiger partial charge in [-0.25, -0.2) is 4.68 Å². The largest absolute Gasteiger partial charge is 0.469 e. The number of ketones is 1. The molecule has 2 atom stereocenters. The van der Waals surface area contributed by atoms with Gasteiger partial charge in [0.15, 0.2) is 5.78 Å². The summed E-state index contributed by atoms with van der Waals surface area (Å²) in [5.74, 6) is 1.75. The van der Waals surface area contributed by atoms with Crippen LogP contribution in [0.4, 0.5) is 5.95 Å². The molecule has 1 N–H and O–H groups in total. The molecule has 0 saturated carbocycles. The van der Waals surface area contributed by atoms with E-state index in [4.69, 9.17) is 4.42 Å². The molecule has 0 unspecified atom stereocenters. The standard InChI is InChI=1S/C18H16N4O2S2/c1-25-18-20-17-19-11-8-10(13-4-2-6-24-13)9-12(23)15(11)16(22(17)21-18)14-5-3-7-26-14/h2-7,10,16H,8-9H2,1H3,(H,19,20,21)/t10-,16-/m0/s1. The van der Waals surface area contributed by atoms with Crippen LogP contribution in [-0.2, 0) is 4.79 Å². The van der Waals surface area contributed by atoms with Gasteiger partial charge in [0.1, 0.15) is 11.8 Å². The van der Waals surface area contributed by atoms with E-state index >= 15 is 0 Å². The lowest BCUT2D eigenvalue weighted by Crippen LogP contribution is -2.33. The van der Waals surface area contributed by atoms with Crippen molar-refractivity contribution < 1.29 is 9.21 Å². The number of carbonyl (C=O) groups excluding carboxylic acids is 1. The number of hydrogen-bond donors (Lipinski definition) is 1. The Morgan fingerprint density at radius 2 is 2.27 bits per heavy atom. The van der Waals surface area contributed by atoms with Gasteiger partial charge in [0.2, 0.25) is 11.1 Å². The summed E-state index contributed by atoms with van der Waals surface area (Å²) in [4.78, 5) is 18.8. The molecule has 2 aliphatic rings. The highest BCUT2D eigenvalue weighted by atomic mass is 32.2. The summed E-state index contributed by atoms with van der Waals surface area (Å²) in [5, 5.41) is 10.7. The van der Waals surface area contributed by atoms with E-state index in [-0.39, 0.29) is 17.7 Å². The first-order valence-electron chi connectivity index (χ1n) is 8.35. The number of nitrogens with one attached hydrogen (secondary N) is 1. The zero-order valence-electron chi connectivity index (χ0n) is 14.0. The van der Waals surface area contributed by atoms with E-state index in [2.05, 4.69) is 21.5 Å². The molecule has 0 fully saturated rings. The molecule has 3 aromatic heterocycles. The molecule has 8 heteroatoms. The second kappa shape index (κ2) is 6.14. The summed E-state index contributed by atoms with van der Waals surface area (Å²) >= 11 is 3.13. The third kappa shape index (κ3) is 2.44. The van der Waals surface area contributed by atoms with Gasteiger partial charge >= 0.3 is 0 Å². The molecule has 0 amide bonds. The van der Waals surface area contributed by atoms with Crippen LogP contribution in [0, 0.1) is 0 Å². The van der Waals surface area contributed by atoms with Gasteiger partial charge in [-0.15, -0.1) is 16.4 Å². The van der Waals surface area contributed by atoms with Gasteiger partial charge in [0, 0.05) is 28.5 Å². The molecular formula is C18H16N4O2S2. The monoisotopic (exact) mass is 384 g/mol. The fourth-order valence-electron chi connectivity index (χ4n) is 3.71. The van der Waals surface area contributed by atoms with Crippen LogP contribution in [0.3, 0.4) is 0 Å². The van der Waals surface area contributed by atoms with Gasteiger partial charge in [-0.05, 0) is 36.3 Å². The number of fused-ring (bicyclic) bond motifs is 1. The average molecular weight is 384 g/mol. The zero-order chi connectivity index (χ0) is 17.7. The molecule has 0 saturated heterocycles. The Hall–Kier alpha value is -2.32. The summed E-state index contributed by atoms with van der Waals surface area (Å²) in [5.41, 5.74) is 1.74. The molecule has 6 nitrogen and oxygen atoms in total. The maximum Gasteiger partial charge on any atom is 0.227 e. The van der Waals surface area contributed by atoms with Crippen LogP contribution in [-0.4, -0.2) is 26.8 Å². The van der Waals surface area contributed by atoms with Crippen molar-refractivity contribution in [1.82, 2.24) is 14.8 Å². The van der Waals surface area contributed by atoms with Crippen molar-refractivity contribution in [3.8, 4) is 0 Å². The summed E-state index contributed by atoms with van der Waals surface area (Å²) in [6.45, 7) is 0. The van der Waals surface area contributed by atoms with Gasteiger partial charge < -0.3 is 9.73 Å². The Kier molecular flexibility index (Phi) is 3.75. The second-order valence-corrected chi connectivity index (χ2v) is 8.10. The predicted octanol–water partition coefficient (Wildman–Crippen LogP) is 4.07. The number of thioether (sulfide) groups is 1. The van der Waals surface area contributed by atoms with E-state index in [1.54, 1.807) is 17.6 Å². The van der Waals surface area contributed by atoms with Crippen LogP contribution in [0.1, 0.15) is 35.4 Å². The first-order valence-corrected chi connectivity index (χ1v) is 10.5. The fraction of sp³-hybridized carbons (Fsp3) is 0.278. The Morgan fingerprint density at radius 3 is 3.00 bits per heavy atom. The lowest BCUT2D eigenvalue weighted by Gasteiger charge is -2.33. The number of anilines is 1. The van der Waals surface area contributed by atoms with Gasteiger partial charge in [-0.3, -0.25) is 4.79 Å². The van der Waals surface area contributed by atoms with Crippen molar-refractivity contribution in [1.29, 1.82) is 0 Å². The van der Waals surface area contributed by atoms with Crippen molar-refractivity contribution in [3.05, 3.63) is 57.8 Å². The quantitative estimate of drug-likeness (QED) is 0.686. The second-order valence-electron chi connectivity index (χ2n) is 6.35. The average Bonchev–Trinajstić information content (AvgIpc) is 3.40. The minimum atomic E-state index is -0.209. The fourth-order valence-corrected chi connectivity index (χ4v) is 4.88. The van der Waals surface area contributed by atoms with Crippen LogP contribution in [0.5, 0.6) is 0 Å². The summed E-state index contributed by atoms with van der Waals surface area (Å²) in [6.07, 6.45) is 4.80. The van der Waals surface area contributed by atoms with Gasteiger partial charge in [0.25, 0.3) is 0 Å². The first kappa shape index (κ1) is 15.9. The highest BCUT2D eigenvalue weighted by molar-refractivity contribution is 7.98. The molecule has 0 aromatic carbocycles. The smallest absolute Gasteiger partial charge is 0.227 e. The molecule has 26 heavy (non-hydrogen) atoms. The molecule has 0 radical (unpaired) electrons. The number of hydrogen-bond acceptors (Lipinski definition) is 7. The number of nitrogens with zero attached hydrogens (tertiary/aromatic N) is 3. The van der Waals surface area contributed by atoms with Crippen LogP contribution >= 0.6 is 23.1 Å². The number of Topliss-reactive ketones (excluding diaryl/α,β-unsaturated/α-hetero) is 1. The lowest BCUT2D eigenvalue weighted by molar-refractivity contribution is -0.116. The topological polar surface area (TPSA) is 73.0 Å². The van der Waals surface area contributed by atoms with E-state index in [0.717, 1.165) is 28.3 Å². The molecule has 132 valence electrons. The molecule has 3 aromatic rings. The maximum absolute atomic E-state index is 13.1. The van der Waals surface area contributed by atoms with Crippen LogP contribution in [0.25, 0.3) is 0 Å². The third-order valence-corrected chi connectivity index (χ3v) is 6.30. The lowest BCUT2D eigenvalue weighted by atomic mass is 9.81. The summed E-state index contributed by atoms with van der Waals surface area (Å²) < 4.78 is 7.40. The number of thiophene rings is 1. The number of aromatic nitrogens is 3. The summed E-state index contributed by atoms with van der Waals surface area (Å²) in [7, 11) is 0. The molecule has 0 spiro atoms.